The minimum atomic E-state index is -0.458. The lowest BCUT2D eigenvalue weighted by atomic mass is 9.97. The predicted molar refractivity (Wildman–Crippen MR) is 45.7 cm³/mol. The van der Waals surface area contributed by atoms with E-state index in [1.54, 1.807) is 18.2 Å². The van der Waals surface area contributed by atoms with Crippen LogP contribution in [0.2, 0.25) is 0 Å². The fourth-order valence-electron chi connectivity index (χ4n) is 1.20. The molecule has 1 heterocycles. The van der Waals surface area contributed by atoms with E-state index in [0.29, 0.717) is 5.89 Å². The monoisotopic (exact) mass is 176 g/mol. The molecule has 0 fully saturated rings. The van der Waals surface area contributed by atoms with Gasteiger partial charge in [-0.05, 0) is 6.08 Å². The van der Waals surface area contributed by atoms with Crippen molar-refractivity contribution in [3.05, 3.63) is 42.3 Å². The number of hydrogen-bond donors (Lipinski definition) is 1. The maximum atomic E-state index is 11.5. The summed E-state index contributed by atoms with van der Waals surface area (Å²) in [5, 5.41) is 0. The highest BCUT2D eigenvalue weighted by Crippen LogP contribution is 2.21. The van der Waals surface area contributed by atoms with Crippen LogP contribution in [0.1, 0.15) is 11.8 Å². The van der Waals surface area contributed by atoms with Crippen LogP contribution in [0.3, 0.4) is 0 Å². The molecule has 0 saturated heterocycles. The fourth-order valence-corrected chi connectivity index (χ4v) is 1.20. The van der Waals surface area contributed by atoms with Gasteiger partial charge in [0.1, 0.15) is 12.2 Å². The number of nitrogens with zero attached hydrogens (tertiary/aromatic N) is 1. The summed E-state index contributed by atoms with van der Waals surface area (Å²) >= 11 is 0. The summed E-state index contributed by atoms with van der Waals surface area (Å²) in [5.41, 5.74) is 5.71. The van der Waals surface area contributed by atoms with E-state index in [4.69, 9.17) is 10.2 Å². The van der Waals surface area contributed by atoms with Crippen molar-refractivity contribution in [3.63, 3.8) is 0 Å². The molecular formula is C9H8N2O2. The minimum Gasteiger partial charge on any atom is -0.448 e. The van der Waals surface area contributed by atoms with Gasteiger partial charge in [-0.15, -0.1) is 0 Å². The maximum Gasteiger partial charge on any atom is 0.208 e. The van der Waals surface area contributed by atoms with Crippen LogP contribution in [0.25, 0.3) is 0 Å². The van der Waals surface area contributed by atoms with Crippen molar-refractivity contribution in [2.24, 2.45) is 5.73 Å². The summed E-state index contributed by atoms with van der Waals surface area (Å²) in [5.74, 6) is -0.234. The van der Waals surface area contributed by atoms with E-state index in [1.165, 1.54) is 12.5 Å². The average molecular weight is 176 g/mol. The summed E-state index contributed by atoms with van der Waals surface area (Å²) < 4.78 is 5.03. The zero-order valence-electron chi connectivity index (χ0n) is 6.81. The Morgan fingerprint density at radius 1 is 1.54 bits per heavy atom. The third kappa shape index (κ3) is 1.26. The summed E-state index contributed by atoms with van der Waals surface area (Å²) in [4.78, 5) is 15.4. The second kappa shape index (κ2) is 2.90. The Labute approximate surface area is 74.8 Å². The van der Waals surface area contributed by atoms with Crippen molar-refractivity contribution in [2.75, 3.05) is 0 Å². The van der Waals surface area contributed by atoms with E-state index in [9.17, 15) is 4.79 Å². The van der Waals surface area contributed by atoms with Crippen LogP contribution in [0.4, 0.5) is 0 Å². The second-order valence-electron chi connectivity index (χ2n) is 2.72. The normalized spacial score (nSPS) is 21.7. The Morgan fingerprint density at radius 2 is 2.38 bits per heavy atom. The Hall–Kier alpha value is -1.84. The van der Waals surface area contributed by atoms with Crippen LogP contribution in [0, 0.1) is 0 Å². The van der Waals surface area contributed by atoms with E-state index >= 15 is 0 Å². The number of ketones is 1. The van der Waals surface area contributed by atoms with Crippen LogP contribution < -0.4 is 5.73 Å². The van der Waals surface area contributed by atoms with Crippen molar-refractivity contribution in [1.82, 2.24) is 4.98 Å². The van der Waals surface area contributed by atoms with Crippen molar-refractivity contribution >= 4 is 5.78 Å². The smallest absolute Gasteiger partial charge is 0.208 e. The summed E-state index contributed by atoms with van der Waals surface area (Å²) in [7, 11) is 0. The number of carbonyl (C=O) groups is 1. The predicted octanol–water partition coefficient (Wildman–Crippen LogP) is 0.740. The fraction of sp³-hybridized carbons (Fsp3) is 0.111. The molecule has 1 aliphatic rings. The van der Waals surface area contributed by atoms with Gasteiger partial charge >= 0.3 is 0 Å². The van der Waals surface area contributed by atoms with Gasteiger partial charge in [-0.2, -0.15) is 0 Å². The van der Waals surface area contributed by atoms with Crippen LogP contribution in [0.15, 0.2) is 40.8 Å². The third-order valence-electron chi connectivity index (χ3n) is 1.86. The Kier molecular flexibility index (Phi) is 1.73. The van der Waals surface area contributed by atoms with Crippen molar-refractivity contribution in [2.45, 2.75) is 5.92 Å². The van der Waals surface area contributed by atoms with Gasteiger partial charge in [0.2, 0.25) is 5.89 Å². The molecule has 4 nitrogen and oxygen atoms in total. The Bertz CT molecular complexity index is 376. The van der Waals surface area contributed by atoms with E-state index in [0.717, 1.165) is 0 Å². The van der Waals surface area contributed by atoms with Crippen molar-refractivity contribution < 1.29 is 9.21 Å². The molecule has 0 aliphatic heterocycles. The number of allylic oxidation sites excluding steroid dienone is 4. The number of carbonyl (C=O) groups excluding carboxylic acids is 1. The topological polar surface area (TPSA) is 69.1 Å². The zero-order chi connectivity index (χ0) is 9.26. The van der Waals surface area contributed by atoms with Gasteiger partial charge in [-0.25, -0.2) is 4.98 Å². The van der Waals surface area contributed by atoms with E-state index in [1.807, 2.05) is 0 Å². The first kappa shape index (κ1) is 7.79. The molecule has 0 amide bonds. The standard InChI is InChI=1S/C9H8N2O2/c10-7-3-1-2-6(8(7)12)9-11-4-5-13-9/h1-6H,10H2. The molecule has 0 spiro atoms. The lowest BCUT2D eigenvalue weighted by Crippen LogP contribution is -2.20. The van der Waals surface area contributed by atoms with Crippen LogP contribution in [-0.4, -0.2) is 10.8 Å². The summed E-state index contributed by atoms with van der Waals surface area (Å²) in [6, 6.07) is 0. The number of Topliss-reactive ketones (excluding diaryl/α,β-unsaturated/α-hetero) is 1. The molecule has 13 heavy (non-hydrogen) atoms. The van der Waals surface area contributed by atoms with Crippen LogP contribution in [-0.2, 0) is 4.79 Å². The molecule has 1 aliphatic carbocycles. The highest BCUT2D eigenvalue weighted by molar-refractivity contribution is 6.01. The average Bonchev–Trinajstić information content (AvgIpc) is 2.62. The Morgan fingerprint density at radius 3 is 3.08 bits per heavy atom. The Balaban J connectivity index is 2.33. The lowest BCUT2D eigenvalue weighted by molar-refractivity contribution is -0.116. The first-order valence-electron chi connectivity index (χ1n) is 3.86. The molecule has 1 atom stereocenters. The minimum absolute atomic E-state index is 0.162. The van der Waals surface area contributed by atoms with Gasteiger partial charge in [0, 0.05) is 0 Å². The molecule has 1 aromatic rings. The lowest BCUT2D eigenvalue weighted by Gasteiger charge is -2.10. The molecule has 0 aromatic carbocycles. The molecule has 1 unspecified atom stereocenters. The first-order chi connectivity index (χ1) is 6.29. The molecule has 66 valence electrons. The largest absolute Gasteiger partial charge is 0.448 e. The van der Waals surface area contributed by atoms with Gasteiger partial charge in [0.25, 0.3) is 0 Å². The molecular weight excluding hydrogens is 168 g/mol. The van der Waals surface area contributed by atoms with Crippen molar-refractivity contribution in [1.29, 1.82) is 0 Å². The maximum absolute atomic E-state index is 11.5. The van der Waals surface area contributed by atoms with E-state index in [2.05, 4.69) is 4.98 Å². The molecule has 0 saturated carbocycles. The molecule has 4 heteroatoms. The van der Waals surface area contributed by atoms with Gasteiger partial charge in [-0.1, -0.05) is 12.2 Å². The number of aromatic nitrogens is 1. The number of rotatable bonds is 1. The van der Waals surface area contributed by atoms with Gasteiger partial charge < -0.3 is 10.2 Å². The molecule has 0 bridgehead atoms. The van der Waals surface area contributed by atoms with Gasteiger partial charge in [0.05, 0.1) is 11.9 Å². The molecule has 2 rings (SSSR count). The first-order valence-corrected chi connectivity index (χ1v) is 3.86. The number of nitrogens with two attached hydrogens (primary N) is 1. The van der Waals surface area contributed by atoms with Gasteiger partial charge in [0.15, 0.2) is 5.78 Å². The number of oxazole rings is 1. The van der Waals surface area contributed by atoms with Crippen molar-refractivity contribution in [3.8, 4) is 0 Å². The highest BCUT2D eigenvalue weighted by Gasteiger charge is 2.25. The zero-order valence-corrected chi connectivity index (χ0v) is 6.81. The van der Waals surface area contributed by atoms with Gasteiger partial charge in [-0.3, -0.25) is 4.79 Å². The molecule has 0 radical (unpaired) electrons. The quantitative estimate of drug-likeness (QED) is 0.685. The van der Waals surface area contributed by atoms with E-state index < -0.39 is 5.92 Å². The highest BCUT2D eigenvalue weighted by atomic mass is 16.3. The van der Waals surface area contributed by atoms with E-state index in [-0.39, 0.29) is 11.5 Å². The number of hydrogen-bond acceptors (Lipinski definition) is 4. The SMILES string of the molecule is NC1=CC=CC(c2ncco2)C1=O. The second-order valence-corrected chi connectivity index (χ2v) is 2.72. The molecule has 2 N–H and O–H groups in total. The third-order valence-corrected chi connectivity index (χ3v) is 1.86. The van der Waals surface area contributed by atoms with Crippen LogP contribution in [0.5, 0.6) is 0 Å². The van der Waals surface area contributed by atoms with Crippen LogP contribution >= 0.6 is 0 Å². The molecule has 1 aromatic heterocycles. The summed E-state index contributed by atoms with van der Waals surface area (Å²) in [6.07, 6.45) is 7.95. The summed E-state index contributed by atoms with van der Waals surface area (Å²) in [6.45, 7) is 0.